The van der Waals surface area contributed by atoms with E-state index in [4.69, 9.17) is 30.9 Å². The van der Waals surface area contributed by atoms with Crippen molar-refractivity contribution in [1.82, 2.24) is 15.2 Å². The number of ether oxygens (including phenoxy) is 3. The first-order valence-electron chi connectivity index (χ1n) is 18.1. The van der Waals surface area contributed by atoms with Gasteiger partial charge in [-0.15, -0.1) is 11.8 Å². The summed E-state index contributed by atoms with van der Waals surface area (Å²) in [6.45, 7) is 3.33. The fourth-order valence-corrected chi connectivity index (χ4v) is 7.05. The Morgan fingerprint density at radius 3 is 2.67 bits per heavy atom. The Labute approximate surface area is 310 Å². The number of carbonyl (C=O) groups is 2. The van der Waals surface area contributed by atoms with Gasteiger partial charge in [0.1, 0.15) is 11.9 Å². The molecule has 2 saturated carbocycles. The van der Waals surface area contributed by atoms with E-state index in [1.54, 1.807) is 23.6 Å². The number of benzene rings is 2. The average Bonchev–Trinajstić information content (AvgIpc) is 4.09. The molecule has 0 radical (unpaired) electrons. The Hall–Kier alpha value is -3.35. The number of pyridine rings is 1. The number of carbonyl (C=O) groups excluding carboxylic acids is 2. The van der Waals surface area contributed by atoms with E-state index in [9.17, 15) is 14.7 Å². The number of rotatable bonds is 22. The second-order valence-electron chi connectivity index (χ2n) is 13.0. The van der Waals surface area contributed by atoms with Gasteiger partial charge in [-0.1, -0.05) is 29.8 Å². The summed E-state index contributed by atoms with van der Waals surface area (Å²) in [6, 6.07) is 16.3. The number of unbranched alkanes of at least 4 members (excludes halogenated alkanes) is 2. The molecule has 2 amide bonds. The molecule has 2 aliphatic rings. The Morgan fingerprint density at radius 2 is 1.90 bits per heavy atom. The van der Waals surface area contributed by atoms with E-state index in [0.717, 1.165) is 77.2 Å². The Balaban J connectivity index is 1.14. The molecule has 2 aliphatic carbocycles. The molecule has 3 N–H and O–H groups in total. The van der Waals surface area contributed by atoms with Crippen molar-refractivity contribution in [3.8, 4) is 16.9 Å². The molecule has 0 spiro atoms. The van der Waals surface area contributed by atoms with Gasteiger partial charge in [-0.25, -0.2) is 4.79 Å². The summed E-state index contributed by atoms with van der Waals surface area (Å²) in [4.78, 5) is 31.9. The van der Waals surface area contributed by atoms with E-state index >= 15 is 0 Å². The van der Waals surface area contributed by atoms with Crippen molar-refractivity contribution in [2.75, 3.05) is 38.6 Å². The standard InChI is InChI=1S/C39H50ClN3O7S/c1-2-48-38(47)42-20-22-43(37(46)35(45)10-5-7-23-44)21-6-8-24-51-30-14-15-34(40)28(25-30)27-49-39(17-18-39)33-26-41-19-16-31(33)32-9-3-4-11-36(32)50-29-12-13-29/h3-4,9,11,14-16,19,25-26,29,35,44-45H,2,5-8,10,12-13,17-18,20-24,27H2,1H3,(H,42,47). The number of aliphatic hydroxyl groups excluding tert-OH is 2. The maximum Gasteiger partial charge on any atom is 0.407 e. The van der Waals surface area contributed by atoms with Gasteiger partial charge in [-0.2, -0.15) is 0 Å². The highest BCUT2D eigenvalue weighted by molar-refractivity contribution is 7.99. The molecular formula is C39H50ClN3O7S. The van der Waals surface area contributed by atoms with Crippen LogP contribution >= 0.6 is 23.4 Å². The minimum Gasteiger partial charge on any atom is -0.490 e. The summed E-state index contributed by atoms with van der Waals surface area (Å²) in [5.41, 5.74) is 3.71. The first-order valence-corrected chi connectivity index (χ1v) is 19.4. The van der Waals surface area contributed by atoms with E-state index in [-0.39, 0.29) is 38.6 Å². The first-order chi connectivity index (χ1) is 24.8. The van der Waals surface area contributed by atoms with E-state index in [1.807, 2.05) is 42.7 Å². The van der Waals surface area contributed by atoms with Gasteiger partial charge in [0.15, 0.2) is 0 Å². The van der Waals surface area contributed by atoms with Crippen LogP contribution in [0, 0.1) is 0 Å². The van der Waals surface area contributed by atoms with Crippen molar-refractivity contribution in [3.63, 3.8) is 0 Å². The zero-order valence-electron chi connectivity index (χ0n) is 29.4. The number of para-hydroxylation sites is 1. The molecule has 276 valence electrons. The smallest absolute Gasteiger partial charge is 0.407 e. The lowest BCUT2D eigenvalue weighted by atomic mass is 9.96. The highest BCUT2D eigenvalue weighted by Crippen LogP contribution is 2.53. The van der Waals surface area contributed by atoms with Gasteiger partial charge in [0.05, 0.1) is 24.9 Å². The van der Waals surface area contributed by atoms with Gasteiger partial charge >= 0.3 is 6.09 Å². The lowest BCUT2D eigenvalue weighted by Crippen LogP contribution is -2.44. The van der Waals surface area contributed by atoms with Crippen molar-refractivity contribution in [1.29, 1.82) is 0 Å². The molecule has 5 rings (SSSR count). The lowest BCUT2D eigenvalue weighted by Gasteiger charge is -2.25. The summed E-state index contributed by atoms with van der Waals surface area (Å²) < 4.78 is 17.8. The molecule has 1 aromatic heterocycles. The predicted molar refractivity (Wildman–Crippen MR) is 199 cm³/mol. The van der Waals surface area contributed by atoms with Crippen LogP contribution in [-0.2, 0) is 26.5 Å². The first kappa shape index (κ1) is 38.9. The second kappa shape index (κ2) is 19.5. The maximum atomic E-state index is 13.0. The van der Waals surface area contributed by atoms with Crippen LogP contribution in [0.2, 0.25) is 5.02 Å². The third-order valence-electron chi connectivity index (χ3n) is 9.03. The van der Waals surface area contributed by atoms with Crippen LogP contribution in [0.25, 0.3) is 11.1 Å². The van der Waals surface area contributed by atoms with Crippen LogP contribution in [-0.4, -0.2) is 82.9 Å². The molecule has 3 aromatic rings. The highest BCUT2D eigenvalue weighted by Gasteiger charge is 2.48. The normalized spacial score (nSPS) is 15.2. The molecule has 0 aliphatic heterocycles. The number of alkyl carbamates (subject to hydrolysis) is 1. The van der Waals surface area contributed by atoms with Gasteiger partial charge in [-0.3, -0.25) is 9.78 Å². The minimum atomic E-state index is -1.14. The van der Waals surface area contributed by atoms with E-state index in [2.05, 4.69) is 28.5 Å². The highest BCUT2D eigenvalue weighted by atomic mass is 35.5. The van der Waals surface area contributed by atoms with Crippen molar-refractivity contribution in [3.05, 3.63) is 77.1 Å². The predicted octanol–water partition coefficient (Wildman–Crippen LogP) is 7.12. The zero-order valence-corrected chi connectivity index (χ0v) is 30.9. The molecule has 10 nitrogen and oxygen atoms in total. The summed E-state index contributed by atoms with van der Waals surface area (Å²) in [7, 11) is 0. The number of hydrogen-bond donors (Lipinski definition) is 3. The van der Waals surface area contributed by atoms with E-state index in [1.165, 1.54) is 0 Å². The van der Waals surface area contributed by atoms with Gasteiger partial charge in [0.2, 0.25) is 0 Å². The molecule has 2 fully saturated rings. The summed E-state index contributed by atoms with van der Waals surface area (Å²) >= 11 is 8.38. The lowest BCUT2D eigenvalue weighted by molar-refractivity contribution is -0.140. The number of nitrogens with one attached hydrogen (secondary N) is 1. The number of nitrogens with zero attached hydrogens (tertiary/aromatic N) is 2. The molecule has 2 aromatic carbocycles. The molecule has 1 heterocycles. The van der Waals surface area contributed by atoms with Gasteiger partial charge in [0.25, 0.3) is 5.91 Å². The fraction of sp³-hybridized carbons (Fsp3) is 0.513. The molecular weight excluding hydrogens is 690 g/mol. The third kappa shape index (κ3) is 11.6. The molecule has 1 unspecified atom stereocenters. The molecule has 0 saturated heterocycles. The van der Waals surface area contributed by atoms with Gasteiger partial charge in [-0.05, 0) is 112 Å². The largest absolute Gasteiger partial charge is 0.490 e. The second-order valence-corrected chi connectivity index (χ2v) is 14.6. The Kier molecular flexibility index (Phi) is 14.8. The van der Waals surface area contributed by atoms with Crippen molar-refractivity contribution >= 4 is 35.4 Å². The maximum absolute atomic E-state index is 13.0. The van der Waals surface area contributed by atoms with E-state index < -0.39 is 17.8 Å². The van der Waals surface area contributed by atoms with Crippen molar-refractivity contribution < 1.29 is 34.0 Å². The van der Waals surface area contributed by atoms with Crippen LogP contribution in [0.5, 0.6) is 5.75 Å². The van der Waals surface area contributed by atoms with Crippen molar-refractivity contribution in [2.45, 2.75) is 94.0 Å². The number of aromatic nitrogens is 1. The quantitative estimate of drug-likeness (QED) is 0.0729. The number of aliphatic hydroxyl groups is 2. The Bertz CT molecular complexity index is 1590. The molecule has 12 heteroatoms. The summed E-state index contributed by atoms with van der Waals surface area (Å²) in [5.74, 6) is 1.36. The third-order valence-corrected chi connectivity index (χ3v) is 10.5. The van der Waals surface area contributed by atoms with Crippen LogP contribution in [0.1, 0.15) is 75.8 Å². The topological polar surface area (TPSA) is 130 Å². The number of halogens is 1. The number of amides is 2. The fourth-order valence-electron chi connectivity index (χ4n) is 5.91. The zero-order chi connectivity index (χ0) is 36.1. The van der Waals surface area contributed by atoms with Crippen LogP contribution in [0.3, 0.4) is 0 Å². The van der Waals surface area contributed by atoms with Gasteiger partial charge < -0.3 is 34.6 Å². The monoisotopic (exact) mass is 739 g/mol. The summed E-state index contributed by atoms with van der Waals surface area (Å²) in [6.07, 6.45) is 9.31. The van der Waals surface area contributed by atoms with Crippen LogP contribution in [0.15, 0.2) is 65.8 Å². The van der Waals surface area contributed by atoms with Crippen LogP contribution in [0.4, 0.5) is 4.79 Å². The van der Waals surface area contributed by atoms with Gasteiger partial charge in [0, 0.05) is 59.7 Å². The van der Waals surface area contributed by atoms with Crippen LogP contribution < -0.4 is 10.1 Å². The molecule has 51 heavy (non-hydrogen) atoms. The van der Waals surface area contributed by atoms with E-state index in [0.29, 0.717) is 37.1 Å². The average molecular weight is 740 g/mol. The SMILES string of the molecule is CCOC(=O)NCCN(CCCCSc1ccc(Cl)c(COC2(c3cnccc3-c3ccccc3OC3CC3)CC2)c1)C(=O)C(O)CCCCO. The van der Waals surface area contributed by atoms with Crippen molar-refractivity contribution in [2.24, 2.45) is 0 Å². The minimum absolute atomic E-state index is 0.0207. The number of thioether (sulfide) groups is 1. The molecule has 1 atom stereocenters. The number of hydrogen-bond acceptors (Lipinski definition) is 9. The summed E-state index contributed by atoms with van der Waals surface area (Å²) in [5, 5.41) is 22.8. The molecule has 0 bridgehead atoms. The Morgan fingerprint density at radius 1 is 1.08 bits per heavy atom.